The number of hydrogen-bond donors (Lipinski definition) is 0. The number of carbonyl (C=O) groups is 1. The van der Waals surface area contributed by atoms with Crippen molar-refractivity contribution in [2.75, 3.05) is 39.9 Å². The molecule has 0 aromatic heterocycles. The first-order valence-electron chi connectivity index (χ1n) is 7.78. The molecular formula is C16H24N2O4S. The lowest BCUT2D eigenvalue weighted by atomic mass is 10.2. The Morgan fingerprint density at radius 2 is 1.74 bits per heavy atom. The topological polar surface area (TPSA) is 66.9 Å². The van der Waals surface area contributed by atoms with Gasteiger partial charge in [0, 0.05) is 46.3 Å². The normalized spacial score (nSPS) is 16.5. The highest BCUT2D eigenvalue weighted by Crippen LogP contribution is 2.18. The third-order valence-corrected chi connectivity index (χ3v) is 5.90. The van der Waals surface area contributed by atoms with Gasteiger partial charge in [-0.2, -0.15) is 4.31 Å². The van der Waals surface area contributed by atoms with Gasteiger partial charge in [-0.15, -0.1) is 0 Å². The minimum absolute atomic E-state index is 0.0643. The highest BCUT2D eigenvalue weighted by atomic mass is 32.2. The van der Waals surface area contributed by atoms with Crippen molar-refractivity contribution in [3.8, 4) is 0 Å². The summed E-state index contributed by atoms with van der Waals surface area (Å²) in [6, 6.07) is 6.85. The van der Waals surface area contributed by atoms with Crippen LogP contribution in [0.4, 0.5) is 0 Å². The van der Waals surface area contributed by atoms with Crippen molar-refractivity contribution in [2.45, 2.75) is 24.7 Å². The Kier molecular flexibility index (Phi) is 6.15. The van der Waals surface area contributed by atoms with Crippen molar-refractivity contribution < 1.29 is 17.9 Å². The molecule has 0 aliphatic carbocycles. The second-order valence-corrected chi connectivity index (χ2v) is 7.63. The molecule has 1 fully saturated rings. The highest BCUT2D eigenvalue weighted by Gasteiger charge is 2.29. The van der Waals surface area contributed by atoms with E-state index in [9.17, 15) is 13.2 Å². The number of nitrogens with zero attached hydrogens (tertiary/aromatic N) is 2. The van der Waals surface area contributed by atoms with Crippen molar-refractivity contribution in [2.24, 2.45) is 0 Å². The maximum Gasteiger partial charge on any atom is 0.243 e. The van der Waals surface area contributed by atoms with Crippen molar-refractivity contribution in [1.29, 1.82) is 0 Å². The molecule has 1 heterocycles. The number of sulfonamides is 1. The van der Waals surface area contributed by atoms with E-state index in [4.69, 9.17) is 4.74 Å². The van der Waals surface area contributed by atoms with E-state index in [2.05, 4.69) is 0 Å². The summed E-state index contributed by atoms with van der Waals surface area (Å²) in [6.07, 6.45) is 1.13. The summed E-state index contributed by atoms with van der Waals surface area (Å²) in [5.74, 6) is 0.0643. The molecule has 0 N–H and O–H groups in total. The highest BCUT2D eigenvalue weighted by molar-refractivity contribution is 7.89. The maximum absolute atomic E-state index is 12.6. The lowest BCUT2D eigenvalue weighted by Gasteiger charge is -2.34. The van der Waals surface area contributed by atoms with Gasteiger partial charge in [0.05, 0.1) is 4.90 Å². The van der Waals surface area contributed by atoms with Crippen LogP contribution in [0.3, 0.4) is 0 Å². The number of ether oxygens (including phenoxy) is 1. The zero-order valence-electron chi connectivity index (χ0n) is 13.7. The van der Waals surface area contributed by atoms with E-state index >= 15 is 0 Å². The largest absolute Gasteiger partial charge is 0.385 e. The zero-order chi connectivity index (χ0) is 16.9. The molecule has 1 saturated heterocycles. The first-order valence-corrected chi connectivity index (χ1v) is 9.22. The molecule has 0 unspecified atom stereocenters. The summed E-state index contributed by atoms with van der Waals surface area (Å²) in [5, 5.41) is 0. The second-order valence-electron chi connectivity index (χ2n) is 5.69. The van der Waals surface area contributed by atoms with Crippen LogP contribution in [0.25, 0.3) is 0 Å². The van der Waals surface area contributed by atoms with Gasteiger partial charge in [-0.05, 0) is 25.5 Å². The lowest BCUT2D eigenvalue weighted by Crippen LogP contribution is -2.50. The summed E-state index contributed by atoms with van der Waals surface area (Å²) in [4.78, 5) is 14.1. The van der Waals surface area contributed by atoms with Crippen LogP contribution in [-0.2, 0) is 19.6 Å². The van der Waals surface area contributed by atoms with Crippen LogP contribution >= 0.6 is 0 Å². The van der Waals surface area contributed by atoms with Gasteiger partial charge < -0.3 is 9.64 Å². The van der Waals surface area contributed by atoms with Crippen LogP contribution in [0.2, 0.25) is 0 Å². The molecule has 0 bridgehead atoms. The Balaban J connectivity index is 1.93. The molecule has 1 aliphatic rings. The van der Waals surface area contributed by atoms with Crippen molar-refractivity contribution in [3.05, 3.63) is 29.8 Å². The number of rotatable bonds is 6. The van der Waals surface area contributed by atoms with Gasteiger partial charge in [0.25, 0.3) is 0 Å². The van der Waals surface area contributed by atoms with Crippen LogP contribution in [-0.4, -0.2) is 63.4 Å². The Hall–Kier alpha value is -1.44. The fourth-order valence-corrected chi connectivity index (χ4v) is 3.99. The molecule has 2 rings (SSSR count). The number of carbonyl (C=O) groups excluding carboxylic acids is 1. The van der Waals surface area contributed by atoms with Gasteiger partial charge in [-0.3, -0.25) is 4.79 Å². The predicted molar refractivity (Wildman–Crippen MR) is 87.6 cm³/mol. The first-order chi connectivity index (χ1) is 10.9. The van der Waals surface area contributed by atoms with E-state index < -0.39 is 10.0 Å². The molecule has 0 saturated carbocycles. The molecule has 1 aromatic rings. The first kappa shape index (κ1) is 17.9. The van der Waals surface area contributed by atoms with Crippen LogP contribution in [0.1, 0.15) is 18.4 Å². The number of methoxy groups -OCH3 is 1. The monoisotopic (exact) mass is 340 g/mol. The molecule has 0 atom stereocenters. The Bertz CT molecular complexity index is 620. The average Bonchev–Trinajstić information content (AvgIpc) is 2.55. The van der Waals surface area contributed by atoms with E-state index in [-0.39, 0.29) is 5.91 Å². The van der Waals surface area contributed by atoms with Crippen molar-refractivity contribution in [1.82, 2.24) is 9.21 Å². The zero-order valence-corrected chi connectivity index (χ0v) is 14.5. The van der Waals surface area contributed by atoms with Gasteiger partial charge in [0.1, 0.15) is 0 Å². The molecule has 7 heteroatoms. The second kappa shape index (κ2) is 7.90. The van der Waals surface area contributed by atoms with Gasteiger partial charge in [0.15, 0.2) is 0 Å². The quantitative estimate of drug-likeness (QED) is 0.731. The molecule has 1 amide bonds. The van der Waals surface area contributed by atoms with Crippen LogP contribution in [0, 0.1) is 6.92 Å². The summed E-state index contributed by atoms with van der Waals surface area (Å²) in [5.41, 5.74) is 1.02. The average molecular weight is 340 g/mol. The number of piperazine rings is 1. The standard InChI is InChI=1S/C16H24N2O4S/c1-14-5-7-15(8-6-14)23(20,21)18-11-9-17(10-12-18)16(19)4-3-13-22-2/h5-8H,3-4,9-13H2,1-2H3. The summed E-state index contributed by atoms with van der Waals surface area (Å²) in [7, 11) is -1.86. The Morgan fingerprint density at radius 1 is 1.13 bits per heavy atom. The molecule has 1 aliphatic heterocycles. The number of amides is 1. The van der Waals surface area contributed by atoms with E-state index in [1.807, 2.05) is 6.92 Å². The van der Waals surface area contributed by atoms with E-state index in [0.29, 0.717) is 50.5 Å². The lowest BCUT2D eigenvalue weighted by molar-refractivity contribution is -0.132. The molecule has 128 valence electrons. The SMILES string of the molecule is COCCCC(=O)N1CCN(S(=O)(=O)c2ccc(C)cc2)CC1. The summed E-state index contributed by atoms with van der Waals surface area (Å²) in [6.45, 7) is 4.05. The smallest absolute Gasteiger partial charge is 0.243 e. The summed E-state index contributed by atoms with van der Waals surface area (Å²) < 4.78 is 31.6. The van der Waals surface area contributed by atoms with E-state index in [0.717, 1.165) is 5.56 Å². The van der Waals surface area contributed by atoms with Gasteiger partial charge in [0.2, 0.25) is 15.9 Å². The van der Waals surface area contributed by atoms with Crippen LogP contribution in [0.5, 0.6) is 0 Å². The molecule has 0 radical (unpaired) electrons. The third-order valence-electron chi connectivity index (χ3n) is 3.99. The van der Waals surface area contributed by atoms with E-state index in [1.165, 1.54) is 4.31 Å². The predicted octanol–water partition coefficient (Wildman–Crippen LogP) is 1.25. The minimum Gasteiger partial charge on any atom is -0.385 e. The van der Waals surface area contributed by atoms with Crippen molar-refractivity contribution in [3.63, 3.8) is 0 Å². The number of hydrogen-bond acceptors (Lipinski definition) is 4. The fraction of sp³-hybridized carbons (Fsp3) is 0.562. The fourth-order valence-electron chi connectivity index (χ4n) is 2.56. The minimum atomic E-state index is -3.47. The molecule has 23 heavy (non-hydrogen) atoms. The molecule has 0 spiro atoms. The molecule has 1 aromatic carbocycles. The maximum atomic E-state index is 12.6. The molecular weight excluding hydrogens is 316 g/mol. The summed E-state index contributed by atoms with van der Waals surface area (Å²) >= 11 is 0. The Morgan fingerprint density at radius 3 is 2.30 bits per heavy atom. The third kappa shape index (κ3) is 4.53. The van der Waals surface area contributed by atoms with Gasteiger partial charge in [-0.1, -0.05) is 17.7 Å². The van der Waals surface area contributed by atoms with Gasteiger partial charge >= 0.3 is 0 Å². The van der Waals surface area contributed by atoms with E-state index in [1.54, 1.807) is 36.3 Å². The number of aryl methyl sites for hydroxylation is 1. The Labute approximate surface area is 138 Å². The number of benzene rings is 1. The van der Waals surface area contributed by atoms with Crippen molar-refractivity contribution >= 4 is 15.9 Å². The molecule has 6 nitrogen and oxygen atoms in total. The van der Waals surface area contributed by atoms with Crippen LogP contribution in [0.15, 0.2) is 29.2 Å². The van der Waals surface area contributed by atoms with Gasteiger partial charge in [-0.25, -0.2) is 8.42 Å². The van der Waals surface area contributed by atoms with Crippen LogP contribution < -0.4 is 0 Å².